The van der Waals surface area contributed by atoms with Gasteiger partial charge in [-0.1, -0.05) is 6.58 Å². The van der Waals surface area contributed by atoms with Gasteiger partial charge in [0.1, 0.15) is 0 Å². The van der Waals surface area contributed by atoms with Crippen LogP contribution in [0.15, 0.2) is 12.2 Å². The van der Waals surface area contributed by atoms with Crippen molar-refractivity contribution in [1.82, 2.24) is 0 Å². The average molecular weight is 339 g/mol. The van der Waals surface area contributed by atoms with Crippen LogP contribution < -0.4 is 0 Å². The van der Waals surface area contributed by atoms with Crippen molar-refractivity contribution in [2.24, 2.45) is 0 Å². The molecule has 0 radical (unpaired) electrons. The monoisotopic (exact) mass is 338 g/mol. The molecule has 8 heteroatoms. The Morgan fingerprint density at radius 3 is 1.94 bits per heavy atom. The van der Waals surface area contributed by atoms with Crippen molar-refractivity contribution in [3.05, 3.63) is 12.2 Å². The van der Waals surface area contributed by atoms with Crippen LogP contribution in [0.3, 0.4) is 0 Å². The first-order valence-corrected chi connectivity index (χ1v) is 6.92. The minimum Gasteiger partial charge on any atom is -0.462 e. The molecule has 0 atom stereocenters. The number of esters is 1. The summed E-state index contributed by atoms with van der Waals surface area (Å²) in [6.07, 6.45) is 0.640. The summed E-state index contributed by atoms with van der Waals surface area (Å²) in [5.74, 6) is -0.375. The zero-order chi connectivity index (χ0) is 12.6. The Morgan fingerprint density at radius 1 is 1.17 bits per heavy atom. The van der Waals surface area contributed by atoms with E-state index in [9.17, 15) is 4.79 Å². The van der Waals surface area contributed by atoms with Gasteiger partial charge in [0.05, 0.1) is 6.61 Å². The van der Waals surface area contributed by atoms with Crippen LogP contribution in [-0.4, -0.2) is 53.7 Å². The molecule has 0 aromatic rings. The van der Waals surface area contributed by atoms with Gasteiger partial charge in [0.25, 0.3) is 0 Å². The van der Waals surface area contributed by atoms with Crippen LogP contribution in [0.5, 0.6) is 0 Å². The predicted octanol–water partition coefficient (Wildman–Crippen LogP) is -0.0802. The zero-order valence-corrected chi connectivity index (χ0v) is 12.7. The molecule has 0 amide bonds. The predicted molar refractivity (Wildman–Crippen MR) is 73.3 cm³/mol. The van der Waals surface area contributed by atoms with Crippen LogP contribution in [0.4, 0.5) is 0 Å². The number of carbonyl (C=O) groups excluding carboxylic acids is 1. The summed E-state index contributed by atoms with van der Waals surface area (Å²) < 4.78 is 20.6. The molecule has 0 rings (SSSR count). The second kappa shape index (κ2) is 12.1. The minimum atomic E-state index is -2.53. The summed E-state index contributed by atoms with van der Waals surface area (Å²) in [7, 11) is 2.13. The molecule has 5 nitrogen and oxygen atoms in total. The Morgan fingerprint density at radius 2 is 1.61 bits per heavy atom. The fourth-order valence-corrected chi connectivity index (χ4v) is 2.82. The molecule has 18 heavy (non-hydrogen) atoms. The Kier molecular flexibility index (Phi) is 15.5. The third-order valence-corrected chi connectivity index (χ3v) is 4.97. The number of hydrogen-bond donors (Lipinski definition) is 0. The first-order chi connectivity index (χ1) is 7.51. The Balaban J connectivity index is -0.00000112. The summed E-state index contributed by atoms with van der Waals surface area (Å²) in [4.78, 5) is 11.1. The molecular weight excluding hydrogens is 315 g/mol. The van der Waals surface area contributed by atoms with Crippen molar-refractivity contribution < 1.29 is 39.3 Å². The number of hydrogen-bond acceptors (Lipinski definition) is 5. The van der Waals surface area contributed by atoms with Gasteiger partial charge in [-0.3, -0.25) is 0 Å². The topological polar surface area (TPSA) is 54.0 Å². The van der Waals surface area contributed by atoms with Crippen molar-refractivity contribution >= 4 is 25.7 Å². The molecular formula is C10H24NiO5Si2. The maximum Gasteiger partial charge on any atom is 0.500 e. The molecule has 0 spiro atoms. The van der Waals surface area contributed by atoms with Crippen LogP contribution in [0.1, 0.15) is 13.3 Å². The van der Waals surface area contributed by atoms with E-state index in [1.165, 1.54) is 0 Å². The first kappa shape index (κ1) is 23.1. The molecule has 0 aliphatic heterocycles. The van der Waals surface area contributed by atoms with Gasteiger partial charge in [-0.05, 0) is 24.3 Å². The summed E-state index contributed by atoms with van der Waals surface area (Å²) >= 11 is 0. The molecule has 0 aromatic carbocycles. The van der Waals surface area contributed by atoms with Crippen molar-refractivity contribution in [1.29, 1.82) is 0 Å². The normalized spacial score (nSPS) is 10.0. The van der Waals surface area contributed by atoms with E-state index in [0.717, 1.165) is 0 Å². The van der Waals surface area contributed by atoms with E-state index in [1.54, 1.807) is 28.3 Å². The smallest absolute Gasteiger partial charge is 0.462 e. The van der Waals surface area contributed by atoms with E-state index in [1.807, 2.05) is 0 Å². The van der Waals surface area contributed by atoms with Gasteiger partial charge in [-0.25, -0.2) is 4.79 Å². The second-order valence-corrected chi connectivity index (χ2v) is 6.41. The standard InChI is InChI=1S/C10H20O5Si.Ni.H4Si/c1-9(2)10(11)15-7-6-8-16(12-3,13-4)14-5;;/h1,6-8H2,2-5H3;;1H4. The summed E-state index contributed by atoms with van der Waals surface area (Å²) in [5.41, 5.74) is 0.397. The van der Waals surface area contributed by atoms with Crippen molar-refractivity contribution in [3.8, 4) is 0 Å². The van der Waals surface area contributed by atoms with Gasteiger partial charge in [0.15, 0.2) is 0 Å². The van der Waals surface area contributed by atoms with Crippen LogP contribution >= 0.6 is 0 Å². The molecule has 0 saturated carbocycles. The fourth-order valence-electron chi connectivity index (χ4n) is 1.13. The molecule has 0 unspecified atom stereocenters. The van der Waals surface area contributed by atoms with E-state index >= 15 is 0 Å². The Hall–Kier alpha value is 0.0173. The van der Waals surface area contributed by atoms with Crippen LogP contribution in [-0.2, 0) is 39.3 Å². The van der Waals surface area contributed by atoms with Gasteiger partial charge in [-0.2, -0.15) is 0 Å². The Labute approximate surface area is 125 Å². The molecule has 0 aliphatic carbocycles. The summed E-state index contributed by atoms with van der Waals surface area (Å²) in [6, 6.07) is 0.611. The number of carbonyl (C=O) groups is 1. The van der Waals surface area contributed by atoms with Crippen molar-refractivity contribution in [2.75, 3.05) is 27.9 Å². The van der Waals surface area contributed by atoms with E-state index in [0.29, 0.717) is 24.6 Å². The molecule has 0 fully saturated rings. The molecule has 0 saturated heterocycles. The van der Waals surface area contributed by atoms with Gasteiger partial charge in [0, 0.05) is 49.4 Å². The average Bonchev–Trinajstić information content (AvgIpc) is 2.30. The van der Waals surface area contributed by atoms with Crippen LogP contribution in [0.25, 0.3) is 0 Å². The molecule has 0 N–H and O–H groups in total. The number of rotatable bonds is 8. The molecule has 0 aromatic heterocycles. The fraction of sp³-hybridized carbons (Fsp3) is 0.700. The maximum atomic E-state index is 11.1. The third kappa shape index (κ3) is 8.18. The van der Waals surface area contributed by atoms with E-state index in [2.05, 4.69) is 6.58 Å². The molecule has 0 bridgehead atoms. The van der Waals surface area contributed by atoms with Crippen molar-refractivity contribution in [2.45, 2.75) is 19.4 Å². The third-order valence-electron chi connectivity index (χ3n) is 2.14. The molecule has 0 heterocycles. The van der Waals surface area contributed by atoms with Crippen LogP contribution in [0.2, 0.25) is 6.04 Å². The zero-order valence-electron chi connectivity index (χ0n) is 10.7. The summed E-state index contributed by atoms with van der Waals surface area (Å²) in [6.45, 7) is 5.42. The van der Waals surface area contributed by atoms with Crippen LogP contribution in [0, 0.1) is 0 Å². The minimum absolute atomic E-state index is 0. The first-order valence-electron chi connectivity index (χ1n) is 4.99. The van der Waals surface area contributed by atoms with E-state index in [-0.39, 0.29) is 33.4 Å². The largest absolute Gasteiger partial charge is 0.500 e. The van der Waals surface area contributed by atoms with E-state index in [4.69, 9.17) is 18.0 Å². The number of ether oxygens (including phenoxy) is 1. The molecule has 112 valence electrons. The maximum absolute atomic E-state index is 11.1. The van der Waals surface area contributed by atoms with Crippen molar-refractivity contribution in [3.63, 3.8) is 0 Å². The van der Waals surface area contributed by atoms with Gasteiger partial charge < -0.3 is 18.0 Å². The second-order valence-electron chi connectivity index (χ2n) is 3.32. The van der Waals surface area contributed by atoms with Gasteiger partial charge >= 0.3 is 14.8 Å². The Bertz CT molecular complexity index is 238. The SMILES string of the molecule is C=C(C)C(=O)OCCC[Si](OC)(OC)OC.[Ni].[SiH4]. The quantitative estimate of drug-likeness (QED) is 0.268. The van der Waals surface area contributed by atoms with Gasteiger partial charge in [-0.15, -0.1) is 0 Å². The summed E-state index contributed by atoms with van der Waals surface area (Å²) in [5, 5.41) is 0. The van der Waals surface area contributed by atoms with Gasteiger partial charge in [0.2, 0.25) is 0 Å². The van der Waals surface area contributed by atoms with E-state index < -0.39 is 8.80 Å². The molecule has 0 aliphatic rings.